The van der Waals surface area contributed by atoms with Crippen LogP contribution < -0.4 is 0 Å². The van der Waals surface area contributed by atoms with Gasteiger partial charge in [0.2, 0.25) is 0 Å². The van der Waals surface area contributed by atoms with Gasteiger partial charge in [-0.05, 0) is 38.5 Å². The van der Waals surface area contributed by atoms with Crippen molar-refractivity contribution in [1.82, 2.24) is 4.90 Å². The second-order valence-corrected chi connectivity index (χ2v) is 6.32. The molecular formula is C20H22F3NO4. The van der Waals surface area contributed by atoms with Gasteiger partial charge in [-0.1, -0.05) is 12.1 Å². The van der Waals surface area contributed by atoms with E-state index in [1.807, 2.05) is 0 Å². The fourth-order valence-corrected chi connectivity index (χ4v) is 3.22. The van der Waals surface area contributed by atoms with Crippen LogP contribution in [-0.4, -0.2) is 37.6 Å². The van der Waals surface area contributed by atoms with Gasteiger partial charge in [-0.3, -0.25) is 0 Å². The number of carbonyl (C=O) groups excluding carboxylic acids is 2. The van der Waals surface area contributed by atoms with E-state index in [1.54, 1.807) is 32.7 Å². The number of allylic oxidation sites excluding steroid dienone is 2. The van der Waals surface area contributed by atoms with Crippen LogP contribution in [0.2, 0.25) is 0 Å². The molecule has 1 aromatic rings. The molecule has 1 aromatic carbocycles. The van der Waals surface area contributed by atoms with Gasteiger partial charge in [-0.25, -0.2) is 9.59 Å². The first kappa shape index (κ1) is 21.5. The molecule has 1 unspecified atom stereocenters. The van der Waals surface area contributed by atoms with Crippen molar-refractivity contribution < 1.29 is 32.2 Å². The molecule has 0 saturated heterocycles. The lowest BCUT2D eigenvalue weighted by atomic mass is 9.79. The summed E-state index contributed by atoms with van der Waals surface area (Å²) < 4.78 is 48.8. The average Bonchev–Trinajstić information content (AvgIpc) is 2.64. The van der Waals surface area contributed by atoms with Gasteiger partial charge in [0.25, 0.3) is 0 Å². The van der Waals surface area contributed by atoms with E-state index < -0.39 is 29.6 Å². The average molecular weight is 397 g/mol. The molecule has 1 atom stereocenters. The number of rotatable bonds is 4. The molecule has 0 amide bonds. The lowest BCUT2D eigenvalue weighted by Gasteiger charge is -2.35. The van der Waals surface area contributed by atoms with Crippen LogP contribution >= 0.6 is 0 Å². The predicted molar refractivity (Wildman–Crippen MR) is 96.0 cm³/mol. The number of esters is 2. The van der Waals surface area contributed by atoms with E-state index in [-0.39, 0.29) is 17.8 Å². The Hall–Kier alpha value is -2.77. The summed E-state index contributed by atoms with van der Waals surface area (Å²) in [7, 11) is 2.90. The minimum absolute atomic E-state index is 0.120. The Labute approximate surface area is 161 Å². The van der Waals surface area contributed by atoms with Crippen molar-refractivity contribution in [3.05, 3.63) is 57.9 Å². The lowest BCUT2D eigenvalue weighted by molar-refractivity contribution is -0.140. The van der Waals surface area contributed by atoms with Crippen LogP contribution in [0.25, 0.3) is 0 Å². The third-order valence-corrected chi connectivity index (χ3v) is 4.84. The molecule has 8 heteroatoms. The second-order valence-electron chi connectivity index (χ2n) is 6.32. The summed E-state index contributed by atoms with van der Waals surface area (Å²) in [4.78, 5) is 26.8. The Bertz CT molecular complexity index is 838. The number of ether oxygens (including phenoxy) is 2. The molecule has 1 aliphatic rings. The first-order valence-electron chi connectivity index (χ1n) is 8.62. The molecule has 1 aliphatic heterocycles. The van der Waals surface area contributed by atoms with E-state index in [0.717, 1.165) is 12.1 Å². The Kier molecular flexibility index (Phi) is 6.21. The first-order valence-corrected chi connectivity index (χ1v) is 8.62. The van der Waals surface area contributed by atoms with Crippen LogP contribution in [0.5, 0.6) is 0 Å². The molecule has 1 heterocycles. The van der Waals surface area contributed by atoms with E-state index in [2.05, 4.69) is 0 Å². The standard InChI is InChI=1S/C20H22F3NO4/c1-6-28-19(26)16-12(3)24(4)11(2)15(18(25)27-5)17(16)13-7-9-14(10-8-13)20(21,22)23/h7-10,17H,6H2,1-5H3. The second kappa shape index (κ2) is 8.08. The van der Waals surface area contributed by atoms with Crippen molar-refractivity contribution in [3.8, 4) is 0 Å². The largest absolute Gasteiger partial charge is 0.466 e. The lowest BCUT2D eigenvalue weighted by Crippen LogP contribution is -2.33. The summed E-state index contributed by atoms with van der Waals surface area (Å²) in [5.74, 6) is -2.20. The zero-order valence-electron chi connectivity index (χ0n) is 16.3. The number of methoxy groups -OCH3 is 1. The minimum atomic E-state index is -4.49. The molecule has 0 aromatic heterocycles. The Morgan fingerprint density at radius 2 is 1.54 bits per heavy atom. The molecule has 0 aliphatic carbocycles. The molecule has 152 valence electrons. The van der Waals surface area contributed by atoms with Gasteiger partial charge in [0.15, 0.2) is 0 Å². The fourth-order valence-electron chi connectivity index (χ4n) is 3.22. The Morgan fingerprint density at radius 1 is 1.04 bits per heavy atom. The topological polar surface area (TPSA) is 55.8 Å². The van der Waals surface area contributed by atoms with Crippen molar-refractivity contribution in [2.75, 3.05) is 20.8 Å². The van der Waals surface area contributed by atoms with Crippen molar-refractivity contribution in [2.45, 2.75) is 32.9 Å². The van der Waals surface area contributed by atoms with Gasteiger partial charge >= 0.3 is 18.1 Å². The number of nitrogens with zero attached hydrogens (tertiary/aromatic N) is 1. The molecule has 0 spiro atoms. The quantitative estimate of drug-likeness (QED) is 0.719. The molecule has 2 rings (SSSR count). The number of hydrogen-bond acceptors (Lipinski definition) is 5. The van der Waals surface area contributed by atoms with E-state index in [1.165, 1.54) is 19.2 Å². The van der Waals surface area contributed by atoms with Crippen LogP contribution in [0.15, 0.2) is 46.8 Å². The maximum atomic E-state index is 12.9. The number of carbonyl (C=O) groups is 2. The maximum Gasteiger partial charge on any atom is 0.416 e. The molecule has 0 bridgehead atoms. The van der Waals surface area contributed by atoms with Gasteiger partial charge < -0.3 is 14.4 Å². The van der Waals surface area contributed by atoms with Gasteiger partial charge in [0.05, 0.1) is 36.3 Å². The van der Waals surface area contributed by atoms with Gasteiger partial charge in [0, 0.05) is 18.4 Å². The Balaban J connectivity index is 2.70. The molecule has 0 radical (unpaired) electrons. The molecule has 0 fully saturated rings. The van der Waals surface area contributed by atoms with Crippen molar-refractivity contribution in [1.29, 1.82) is 0 Å². The molecule has 0 saturated carbocycles. The minimum Gasteiger partial charge on any atom is -0.466 e. The highest BCUT2D eigenvalue weighted by molar-refractivity contribution is 5.99. The van der Waals surface area contributed by atoms with Crippen LogP contribution in [-0.2, 0) is 25.2 Å². The summed E-state index contributed by atoms with van der Waals surface area (Å²) in [6, 6.07) is 4.38. The fraction of sp³-hybridized carbons (Fsp3) is 0.400. The van der Waals surface area contributed by atoms with Crippen molar-refractivity contribution >= 4 is 11.9 Å². The molecule has 5 nitrogen and oxygen atoms in total. The number of halogens is 3. The van der Waals surface area contributed by atoms with E-state index in [0.29, 0.717) is 17.0 Å². The number of hydrogen-bond donors (Lipinski definition) is 0. The molecular weight excluding hydrogens is 375 g/mol. The highest BCUT2D eigenvalue weighted by Gasteiger charge is 2.40. The third kappa shape index (κ3) is 3.90. The summed E-state index contributed by atoms with van der Waals surface area (Å²) in [5.41, 5.74) is 1.01. The summed E-state index contributed by atoms with van der Waals surface area (Å²) in [6.45, 7) is 5.15. The summed E-state index contributed by atoms with van der Waals surface area (Å²) in [6.07, 6.45) is -4.49. The zero-order valence-corrected chi connectivity index (χ0v) is 16.3. The van der Waals surface area contributed by atoms with Crippen LogP contribution in [0.4, 0.5) is 13.2 Å². The number of benzene rings is 1. The van der Waals surface area contributed by atoms with Gasteiger partial charge in [-0.15, -0.1) is 0 Å². The van der Waals surface area contributed by atoms with E-state index >= 15 is 0 Å². The zero-order chi connectivity index (χ0) is 21.2. The van der Waals surface area contributed by atoms with Crippen molar-refractivity contribution in [2.24, 2.45) is 0 Å². The Morgan fingerprint density at radius 3 is 1.96 bits per heavy atom. The smallest absolute Gasteiger partial charge is 0.416 e. The number of alkyl halides is 3. The van der Waals surface area contributed by atoms with Crippen LogP contribution in [0, 0.1) is 0 Å². The predicted octanol–water partition coefficient (Wildman–Crippen LogP) is 4.02. The maximum absolute atomic E-state index is 12.9. The first-order chi connectivity index (χ1) is 13.0. The molecule has 0 N–H and O–H groups in total. The van der Waals surface area contributed by atoms with E-state index in [4.69, 9.17) is 9.47 Å². The SMILES string of the molecule is CCOC(=O)C1=C(C)N(C)C(C)=C(C(=O)OC)C1c1ccc(C(F)(F)F)cc1. The normalized spacial score (nSPS) is 17.7. The van der Waals surface area contributed by atoms with Gasteiger partial charge in [0.1, 0.15) is 0 Å². The highest BCUT2D eigenvalue weighted by Crippen LogP contribution is 2.42. The van der Waals surface area contributed by atoms with Crippen molar-refractivity contribution in [3.63, 3.8) is 0 Å². The monoisotopic (exact) mass is 397 g/mol. The third-order valence-electron chi connectivity index (χ3n) is 4.84. The summed E-state index contributed by atoms with van der Waals surface area (Å²) >= 11 is 0. The van der Waals surface area contributed by atoms with E-state index in [9.17, 15) is 22.8 Å². The van der Waals surface area contributed by atoms with Crippen LogP contribution in [0.1, 0.15) is 37.8 Å². The highest BCUT2D eigenvalue weighted by atomic mass is 19.4. The molecule has 28 heavy (non-hydrogen) atoms. The van der Waals surface area contributed by atoms with Crippen LogP contribution in [0.3, 0.4) is 0 Å². The summed E-state index contributed by atoms with van der Waals surface area (Å²) in [5, 5.41) is 0. The van der Waals surface area contributed by atoms with Gasteiger partial charge in [-0.2, -0.15) is 13.2 Å².